The van der Waals surface area contributed by atoms with Crippen molar-refractivity contribution in [1.82, 2.24) is 20.2 Å². The molecule has 0 radical (unpaired) electrons. The molecule has 3 N–H and O–H groups in total. The average molecular weight is 268 g/mol. The summed E-state index contributed by atoms with van der Waals surface area (Å²) >= 11 is 0. The maximum absolute atomic E-state index is 11.5. The van der Waals surface area contributed by atoms with E-state index in [1.54, 1.807) is 4.57 Å². The molecule has 0 aliphatic carbocycles. The molecule has 1 unspecified atom stereocenters. The zero-order chi connectivity index (χ0) is 14.3. The Morgan fingerprint density at radius 1 is 1.53 bits per heavy atom. The van der Waals surface area contributed by atoms with E-state index in [-0.39, 0.29) is 17.8 Å². The van der Waals surface area contributed by atoms with E-state index in [4.69, 9.17) is 5.11 Å². The van der Waals surface area contributed by atoms with E-state index in [0.29, 0.717) is 13.1 Å². The highest BCUT2D eigenvalue weighted by molar-refractivity contribution is 5.84. The molecule has 0 fully saturated rings. The van der Waals surface area contributed by atoms with Crippen LogP contribution in [-0.2, 0) is 6.54 Å². The number of aromatic carboxylic acids is 1. The summed E-state index contributed by atoms with van der Waals surface area (Å²) in [7, 11) is 0. The van der Waals surface area contributed by atoms with Crippen LogP contribution in [0.25, 0.3) is 0 Å². The van der Waals surface area contributed by atoms with E-state index in [1.807, 2.05) is 6.92 Å². The Bertz CT molecular complexity index is 430. The molecule has 106 valence electrons. The summed E-state index contributed by atoms with van der Waals surface area (Å²) in [6.45, 7) is 4.92. The monoisotopic (exact) mass is 268 g/mol. The van der Waals surface area contributed by atoms with Gasteiger partial charge < -0.3 is 20.3 Å². The van der Waals surface area contributed by atoms with Gasteiger partial charge in [-0.05, 0) is 13.3 Å². The highest BCUT2D eigenvalue weighted by Gasteiger charge is 2.07. The second-order valence-electron chi connectivity index (χ2n) is 4.39. The van der Waals surface area contributed by atoms with Crippen LogP contribution < -0.4 is 10.6 Å². The zero-order valence-electron chi connectivity index (χ0n) is 11.2. The number of amides is 2. The number of carboxylic acids is 1. The second-order valence-corrected chi connectivity index (χ2v) is 4.39. The molecule has 1 aromatic heterocycles. The molecule has 0 spiro atoms. The number of carboxylic acid groups (broad SMARTS) is 1. The van der Waals surface area contributed by atoms with Crippen LogP contribution in [0, 0.1) is 0 Å². The molecule has 1 aromatic rings. The van der Waals surface area contributed by atoms with Crippen LogP contribution in [0.4, 0.5) is 4.79 Å². The standard InChI is InChI=1S/C12H20N4O3/c1-3-4-9(2)15-12(19)13-5-6-16-7-10(11(17)18)14-8-16/h7-9H,3-6H2,1-2H3,(H,17,18)(H2,13,15,19). The number of nitrogens with zero attached hydrogens (tertiary/aromatic N) is 2. The molecule has 7 nitrogen and oxygen atoms in total. The van der Waals surface area contributed by atoms with Crippen LogP contribution in [-0.4, -0.2) is 39.2 Å². The van der Waals surface area contributed by atoms with Crippen molar-refractivity contribution in [1.29, 1.82) is 0 Å². The van der Waals surface area contributed by atoms with Gasteiger partial charge in [0.25, 0.3) is 0 Å². The third-order valence-electron chi connectivity index (χ3n) is 2.61. The molecule has 7 heteroatoms. The molecule has 2 amide bonds. The Morgan fingerprint density at radius 2 is 2.26 bits per heavy atom. The molecule has 0 aliphatic heterocycles. The Morgan fingerprint density at radius 3 is 2.84 bits per heavy atom. The molecule has 1 atom stereocenters. The fraction of sp³-hybridized carbons (Fsp3) is 0.583. The summed E-state index contributed by atoms with van der Waals surface area (Å²) < 4.78 is 1.62. The quantitative estimate of drug-likeness (QED) is 0.689. The van der Waals surface area contributed by atoms with E-state index in [1.165, 1.54) is 12.5 Å². The first-order valence-corrected chi connectivity index (χ1v) is 6.32. The van der Waals surface area contributed by atoms with Crippen LogP contribution in [0.5, 0.6) is 0 Å². The van der Waals surface area contributed by atoms with Crippen molar-refractivity contribution in [3.05, 3.63) is 18.2 Å². The molecule has 1 heterocycles. The van der Waals surface area contributed by atoms with Gasteiger partial charge in [-0.2, -0.15) is 0 Å². The van der Waals surface area contributed by atoms with E-state index >= 15 is 0 Å². The third kappa shape index (κ3) is 5.41. The number of carbonyl (C=O) groups excluding carboxylic acids is 1. The minimum absolute atomic E-state index is 0.000944. The van der Waals surface area contributed by atoms with Gasteiger partial charge in [0.15, 0.2) is 5.69 Å². The van der Waals surface area contributed by atoms with Gasteiger partial charge in [0.05, 0.1) is 6.33 Å². The Balaban J connectivity index is 2.25. The number of aromatic nitrogens is 2. The maximum Gasteiger partial charge on any atom is 0.356 e. The van der Waals surface area contributed by atoms with Gasteiger partial charge in [-0.25, -0.2) is 14.6 Å². The largest absolute Gasteiger partial charge is 0.476 e. The first kappa shape index (κ1) is 15.0. The van der Waals surface area contributed by atoms with E-state index < -0.39 is 5.97 Å². The molecular weight excluding hydrogens is 248 g/mol. The van der Waals surface area contributed by atoms with Gasteiger partial charge in [0.1, 0.15) is 0 Å². The predicted molar refractivity (Wildman–Crippen MR) is 70.1 cm³/mol. The molecule has 0 saturated heterocycles. The topological polar surface area (TPSA) is 96.3 Å². The zero-order valence-corrected chi connectivity index (χ0v) is 11.2. The predicted octanol–water partition coefficient (Wildman–Crippen LogP) is 1.07. The minimum Gasteiger partial charge on any atom is -0.476 e. The summed E-state index contributed by atoms with van der Waals surface area (Å²) in [4.78, 5) is 25.8. The van der Waals surface area contributed by atoms with Crippen molar-refractivity contribution in [2.45, 2.75) is 39.3 Å². The summed E-state index contributed by atoms with van der Waals surface area (Å²) in [5.74, 6) is -1.06. The highest BCUT2D eigenvalue weighted by Crippen LogP contribution is 1.96. The number of imidazole rings is 1. The van der Waals surface area contributed by atoms with Gasteiger partial charge in [-0.15, -0.1) is 0 Å². The lowest BCUT2D eigenvalue weighted by atomic mass is 10.2. The van der Waals surface area contributed by atoms with Crippen LogP contribution >= 0.6 is 0 Å². The fourth-order valence-electron chi connectivity index (χ4n) is 1.67. The summed E-state index contributed by atoms with van der Waals surface area (Å²) in [6, 6.07) is -0.0589. The number of hydrogen-bond acceptors (Lipinski definition) is 3. The van der Waals surface area contributed by atoms with E-state index in [2.05, 4.69) is 22.5 Å². The van der Waals surface area contributed by atoms with Crippen LogP contribution in [0.15, 0.2) is 12.5 Å². The van der Waals surface area contributed by atoms with Crippen LogP contribution in [0.2, 0.25) is 0 Å². The molecule has 0 aliphatic rings. The second kappa shape index (κ2) is 7.40. The SMILES string of the molecule is CCCC(C)NC(=O)NCCn1cnc(C(=O)O)c1. The molecule has 0 bridgehead atoms. The maximum atomic E-state index is 11.5. The summed E-state index contributed by atoms with van der Waals surface area (Å²) in [6.07, 6.45) is 4.83. The fourth-order valence-corrected chi connectivity index (χ4v) is 1.67. The number of carbonyl (C=O) groups is 2. The minimum atomic E-state index is -1.06. The van der Waals surface area contributed by atoms with Crippen LogP contribution in [0.3, 0.4) is 0 Å². The number of nitrogens with one attached hydrogen (secondary N) is 2. The molecule has 1 rings (SSSR count). The lowest BCUT2D eigenvalue weighted by molar-refractivity contribution is 0.0691. The van der Waals surface area contributed by atoms with Crippen molar-refractivity contribution in [2.24, 2.45) is 0 Å². The Hall–Kier alpha value is -2.05. The summed E-state index contributed by atoms with van der Waals surface area (Å²) in [5, 5.41) is 14.2. The Kier molecular flexibility index (Phi) is 5.84. The van der Waals surface area contributed by atoms with Gasteiger partial charge in [-0.3, -0.25) is 0 Å². The van der Waals surface area contributed by atoms with E-state index in [9.17, 15) is 9.59 Å². The third-order valence-corrected chi connectivity index (χ3v) is 2.61. The van der Waals surface area contributed by atoms with E-state index in [0.717, 1.165) is 12.8 Å². The summed E-state index contributed by atoms with van der Waals surface area (Å²) in [5.41, 5.74) is 0.000944. The van der Waals surface area contributed by atoms with Gasteiger partial charge >= 0.3 is 12.0 Å². The first-order valence-electron chi connectivity index (χ1n) is 6.32. The average Bonchev–Trinajstić information content (AvgIpc) is 2.78. The highest BCUT2D eigenvalue weighted by atomic mass is 16.4. The smallest absolute Gasteiger partial charge is 0.356 e. The number of hydrogen-bond donors (Lipinski definition) is 3. The molecule has 19 heavy (non-hydrogen) atoms. The normalized spacial score (nSPS) is 11.9. The molecular formula is C12H20N4O3. The Labute approximate surface area is 112 Å². The van der Waals surface area contributed by atoms with Crippen molar-refractivity contribution < 1.29 is 14.7 Å². The number of urea groups is 1. The van der Waals surface area contributed by atoms with Crippen molar-refractivity contribution in [2.75, 3.05) is 6.54 Å². The van der Waals surface area contributed by atoms with Gasteiger partial charge in [-0.1, -0.05) is 13.3 Å². The lowest BCUT2D eigenvalue weighted by Gasteiger charge is -2.13. The van der Waals surface area contributed by atoms with Crippen molar-refractivity contribution in [3.63, 3.8) is 0 Å². The number of rotatable bonds is 7. The first-order chi connectivity index (χ1) is 9.02. The van der Waals surface area contributed by atoms with Gasteiger partial charge in [0.2, 0.25) is 0 Å². The van der Waals surface area contributed by atoms with Gasteiger partial charge in [0, 0.05) is 25.3 Å². The molecule has 0 aromatic carbocycles. The van der Waals surface area contributed by atoms with Crippen LogP contribution in [0.1, 0.15) is 37.2 Å². The molecule has 0 saturated carbocycles. The lowest BCUT2D eigenvalue weighted by Crippen LogP contribution is -2.41. The van der Waals surface area contributed by atoms with Crippen molar-refractivity contribution >= 4 is 12.0 Å². The van der Waals surface area contributed by atoms with Crippen molar-refractivity contribution in [3.8, 4) is 0 Å².